The third kappa shape index (κ3) is 2.93. The van der Waals surface area contributed by atoms with Crippen LogP contribution in [0.4, 0.5) is 8.78 Å². The zero-order valence-corrected chi connectivity index (χ0v) is 15.6. The molecule has 0 unspecified atom stereocenters. The number of hydrogen-bond donors (Lipinski definition) is 1. The molecule has 27 heavy (non-hydrogen) atoms. The van der Waals surface area contributed by atoms with Crippen molar-refractivity contribution in [3.8, 4) is 0 Å². The van der Waals surface area contributed by atoms with E-state index in [0.29, 0.717) is 16.0 Å². The predicted octanol–water partition coefficient (Wildman–Crippen LogP) is 3.17. The minimum atomic E-state index is -1.06. The van der Waals surface area contributed by atoms with Crippen molar-refractivity contribution in [3.05, 3.63) is 67.6 Å². The van der Waals surface area contributed by atoms with Crippen molar-refractivity contribution >= 4 is 22.2 Å². The van der Waals surface area contributed by atoms with Crippen molar-refractivity contribution in [3.63, 3.8) is 0 Å². The Hall–Kier alpha value is -2.61. The number of aromatic nitrogens is 2. The van der Waals surface area contributed by atoms with Gasteiger partial charge in [-0.25, -0.2) is 13.8 Å². The summed E-state index contributed by atoms with van der Waals surface area (Å²) in [6.45, 7) is 1.67. The van der Waals surface area contributed by atoms with Crippen LogP contribution < -0.4 is 10.9 Å². The lowest BCUT2D eigenvalue weighted by atomic mass is 10.0. The van der Waals surface area contributed by atoms with Gasteiger partial charge in [-0.2, -0.15) is 4.39 Å². The molecule has 1 saturated carbocycles. The maximum atomic E-state index is 14.7. The number of thiazole rings is 1. The van der Waals surface area contributed by atoms with Crippen molar-refractivity contribution in [2.75, 3.05) is 7.05 Å². The number of fused-ring (bicyclic) bond motifs is 1. The van der Waals surface area contributed by atoms with Gasteiger partial charge in [-0.3, -0.25) is 9.59 Å². The van der Waals surface area contributed by atoms with Crippen LogP contribution in [-0.4, -0.2) is 22.3 Å². The van der Waals surface area contributed by atoms with Gasteiger partial charge in [0.15, 0.2) is 4.96 Å². The van der Waals surface area contributed by atoms with Crippen LogP contribution in [0.25, 0.3) is 4.96 Å². The van der Waals surface area contributed by atoms with Gasteiger partial charge in [-0.05, 0) is 36.8 Å². The number of benzene rings is 1. The van der Waals surface area contributed by atoms with E-state index in [1.165, 1.54) is 7.05 Å². The van der Waals surface area contributed by atoms with Crippen LogP contribution in [0, 0.1) is 18.6 Å². The first-order chi connectivity index (χ1) is 12.9. The van der Waals surface area contributed by atoms with Crippen LogP contribution >= 0.6 is 11.3 Å². The molecular weight excluding hydrogens is 372 g/mol. The zero-order valence-electron chi connectivity index (χ0n) is 14.8. The third-order valence-electron chi connectivity index (χ3n) is 4.79. The molecule has 2 heterocycles. The number of rotatable bonds is 4. The normalized spacial score (nSPS) is 13.9. The molecule has 1 amide bonds. The topological polar surface area (TPSA) is 63.5 Å². The highest BCUT2D eigenvalue weighted by Gasteiger charge is 2.28. The van der Waals surface area contributed by atoms with E-state index >= 15 is 0 Å². The maximum absolute atomic E-state index is 14.7. The van der Waals surface area contributed by atoms with Crippen LogP contribution in [-0.2, 0) is 6.42 Å². The second kappa shape index (κ2) is 6.53. The lowest BCUT2D eigenvalue weighted by Gasteiger charge is -2.08. The van der Waals surface area contributed by atoms with Crippen molar-refractivity contribution in [2.45, 2.75) is 32.1 Å². The first-order valence-electron chi connectivity index (χ1n) is 8.62. The Morgan fingerprint density at radius 1 is 1.33 bits per heavy atom. The second-order valence-corrected chi connectivity index (χ2v) is 7.83. The molecule has 0 aliphatic heterocycles. The maximum Gasteiger partial charge on any atom is 0.295 e. The van der Waals surface area contributed by atoms with Crippen LogP contribution in [0.2, 0.25) is 0 Å². The van der Waals surface area contributed by atoms with Crippen LogP contribution in [0.15, 0.2) is 23.0 Å². The van der Waals surface area contributed by atoms with Gasteiger partial charge in [-0.1, -0.05) is 18.2 Å². The van der Waals surface area contributed by atoms with E-state index in [1.54, 1.807) is 25.1 Å². The molecule has 1 aliphatic carbocycles. The minimum Gasteiger partial charge on any atom is -0.354 e. The van der Waals surface area contributed by atoms with Gasteiger partial charge in [-0.15, -0.1) is 11.3 Å². The molecule has 0 spiro atoms. The molecule has 140 valence electrons. The number of hydrogen-bond acceptors (Lipinski definition) is 4. The van der Waals surface area contributed by atoms with Crippen LogP contribution in [0.1, 0.15) is 50.9 Å². The summed E-state index contributed by atoms with van der Waals surface area (Å²) in [5.74, 6) is -1.68. The molecule has 8 heteroatoms. The van der Waals surface area contributed by atoms with E-state index in [1.807, 2.05) is 0 Å². The Labute approximate surface area is 157 Å². The van der Waals surface area contributed by atoms with E-state index in [2.05, 4.69) is 10.3 Å². The molecule has 4 rings (SSSR count). The molecule has 0 radical (unpaired) electrons. The highest BCUT2D eigenvalue weighted by Crippen LogP contribution is 2.41. The fourth-order valence-corrected chi connectivity index (χ4v) is 4.23. The number of carbonyl (C=O) groups excluding carboxylic acids is 1. The molecule has 2 aromatic heterocycles. The highest BCUT2D eigenvalue weighted by atomic mass is 32.1. The number of amides is 1. The summed E-state index contributed by atoms with van der Waals surface area (Å²) < 4.78 is 30.4. The standard InChI is InChI=1S/C19H17F2N3O2S/c1-9-16(17(25)22-2)24-18(26)15(21)13(23-19(24)27-9)8-11-4-3-5-12(14(11)20)10-6-7-10/h3-5,10H,6-8H2,1-2H3,(H,22,25). The fraction of sp³-hybridized carbons (Fsp3) is 0.316. The molecule has 3 aromatic rings. The lowest BCUT2D eigenvalue weighted by molar-refractivity contribution is 0.0956. The molecule has 0 atom stereocenters. The smallest absolute Gasteiger partial charge is 0.295 e. The highest BCUT2D eigenvalue weighted by molar-refractivity contribution is 7.17. The first kappa shape index (κ1) is 17.8. The summed E-state index contributed by atoms with van der Waals surface area (Å²) >= 11 is 1.12. The Balaban J connectivity index is 1.82. The number of halogens is 2. The molecule has 1 aliphatic rings. The summed E-state index contributed by atoms with van der Waals surface area (Å²) in [4.78, 5) is 29.6. The largest absolute Gasteiger partial charge is 0.354 e. The molecule has 1 N–H and O–H groups in total. The number of carbonyl (C=O) groups is 1. The van der Waals surface area contributed by atoms with Gasteiger partial charge < -0.3 is 5.32 Å². The van der Waals surface area contributed by atoms with Crippen molar-refractivity contribution in [2.24, 2.45) is 0 Å². The monoisotopic (exact) mass is 389 g/mol. The average Bonchev–Trinajstić information content (AvgIpc) is 3.43. The Bertz CT molecular complexity index is 1130. The van der Waals surface area contributed by atoms with E-state index < -0.39 is 17.3 Å². The molecule has 1 fully saturated rings. The summed E-state index contributed by atoms with van der Waals surface area (Å²) in [5.41, 5.74) is -0.0375. The SMILES string of the molecule is CNC(=O)c1c(C)sc2nc(Cc3cccc(C4CC4)c3F)c(F)c(=O)n12. The van der Waals surface area contributed by atoms with Crippen LogP contribution in [0.5, 0.6) is 0 Å². The predicted molar refractivity (Wildman–Crippen MR) is 98.6 cm³/mol. The third-order valence-corrected chi connectivity index (χ3v) is 5.75. The molecule has 0 bridgehead atoms. The van der Waals surface area contributed by atoms with E-state index in [0.717, 1.165) is 28.6 Å². The minimum absolute atomic E-state index is 0.0716. The summed E-state index contributed by atoms with van der Waals surface area (Å²) in [6.07, 6.45) is 1.80. The Morgan fingerprint density at radius 3 is 2.74 bits per heavy atom. The average molecular weight is 389 g/mol. The van der Waals surface area contributed by atoms with Gasteiger partial charge >= 0.3 is 0 Å². The molecule has 0 saturated heterocycles. The van der Waals surface area contributed by atoms with E-state index in [9.17, 15) is 18.4 Å². The fourth-order valence-electron chi connectivity index (χ4n) is 3.25. The number of aryl methyl sites for hydroxylation is 1. The van der Waals surface area contributed by atoms with Crippen molar-refractivity contribution in [1.29, 1.82) is 0 Å². The van der Waals surface area contributed by atoms with Gasteiger partial charge in [0.05, 0.1) is 5.69 Å². The van der Waals surface area contributed by atoms with E-state index in [-0.39, 0.29) is 34.5 Å². The quantitative estimate of drug-likeness (QED) is 0.746. The first-order valence-corrected chi connectivity index (χ1v) is 9.44. The number of nitrogens with zero attached hydrogens (tertiary/aromatic N) is 2. The van der Waals surface area contributed by atoms with Crippen molar-refractivity contribution < 1.29 is 13.6 Å². The van der Waals surface area contributed by atoms with Gasteiger partial charge in [0, 0.05) is 18.3 Å². The summed E-state index contributed by atoms with van der Waals surface area (Å²) in [6, 6.07) is 5.07. The zero-order chi connectivity index (χ0) is 19.3. The second-order valence-electron chi connectivity index (χ2n) is 6.65. The van der Waals surface area contributed by atoms with Crippen molar-refractivity contribution in [1.82, 2.24) is 14.7 Å². The van der Waals surface area contributed by atoms with Gasteiger partial charge in [0.1, 0.15) is 11.5 Å². The Kier molecular flexibility index (Phi) is 4.30. The van der Waals surface area contributed by atoms with Crippen LogP contribution in [0.3, 0.4) is 0 Å². The molecular formula is C19H17F2N3O2S. The van der Waals surface area contributed by atoms with Gasteiger partial charge in [0.25, 0.3) is 11.5 Å². The molecule has 5 nitrogen and oxygen atoms in total. The number of nitrogens with one attached hydrogen (secondary N) is 1. The van der Waals surface area contributed by atoms with E-state index in [4.69, 9.17) is 0 Å². The Morgan fingerprint density at radius 2 is 2.07 bits per heavy atom. The summed E-state index contributed by atoms with van der Waals surface area (Å²) in [5, 5.41) is 2.44. The lowest BCUT2D eigenvalue weighted by Crippen LogP contribution is -2.28. The van der Waals surface area contributed by atoms with Gasteiger partial charge in [0.2, 0.25) is 5.82 Å². The summed E-state index contributed by atoms with van der Waals surface area (Å²) in [7, 11) is 1.43. The molecule has 1 aromatic carbocycles.